The van der Waals surface area contributed by atoms with Crippen LogP contribution < -0.4 is 4.72 Å². The Balaban J connectivity index is 2.43. The third-order valence-electron chi connectivity index (χ3n) is 2.44. The lowest BCUT2D eigenvalue weighted by Gasteiger charge is -2.09. The summed E-state index contributed by atoms with van der Waals surface area (Å²) in [5.41, 5.74) is -0.929. The molecular weight excluding hydrogens is 325 g/mol. The fraction of sp³-hybridized carbons (Fsp3) is 0. The zero-order valence-electron chi connectivity index (χ0n) is 10.2. The summed E-state index contributed by atoms with van der Waals surface area (Å²) in [7, 11) is -4.15. The van der Waals surface area contributed by atoms with Crippen LogP contribution in [0.15, 0.2) is 41.6 Å². The molecule has 0 aliphatic rings. The highest BCUT2D eigenvalue weighted by atomic mass is 35.5. The van der Waals surface area contributed by atoms with E-state index >= 15 is 0 Å². The molecule has 7 nitrogen and oxygen atoms in total. The van der Waals surface area contributed by atoms with Gasteiger partial charge in [0.15, 0.2) is 0 Å². The second-order valence-corrected chi connectivity index (χ2v) is 5.92. The van der Waals surface area contributed by atoms with Crippen LogP contribution in [0.1, 0.15) is 0 Å². The van der Waals surface area contributed by atoms with Crippen LogP contribution in [-0.4, -0.2) is 18.3 Å². The van der Waals surface area contributed by atoms with E-state index in [-0.39, 0.29) is 10.7 Å². The van der Waals surface area contributed by atoms with Crippen LogP contribution in [-0.2, 0) is 10.0 Å². The van der Waals surface area contributed by atoms with Gasteiger partial charge in [0.25, 0.3) is 10.0 Å². The van der Waals surface area contributed by atoms with E-state index < -0.39 is 31.3 Å². The maximum absolute atomic E-state index is 13.2. The number of nitro groups is 1. The minimum Gasteiger partial charge on any atom is -0.277 e. The molecule has 0 saturated heterocycles. The fourth-order valence-electron chi connectivity index (χ4n) is 1.46. The molecule has 0 spiro atoms. The molecule has 0 saturated carbocycles. The minimum atomic E-state index is -4.15. The fourth-order valence-corrected chi connectivity index (χ4v) is 2.75. The Morgan fingerprint density at radius 3 is 2.67 bits per heavy atom. The first-order valence-electron chi connectivity index (χ1n) is 5.37. The first-order valence-corrected chi connectivity index (χ1v) is 7.23. The van der Waals surface area contributed by atoms with Gasteiger partial charge in [0, 0.05) is 12.3 Å². The average Bonchev–Trinajstić information content (AvgIpc) is 2.41. The Kier molecular flexibility index (Phi) is 4.05. The van der Waals surface area contributed by atoms with E-state index in [0.29, 0.717) is 12.1 Å². The van der Waals surface area contributed by atoms with Crippen LogP contribution in [0.2, 0.25) is 5.02 Å². The zero-order valence-corrected chi connectivity index (χ0v) is 11.7. The summed E-state index contributed by atoms with van der Waals surface area (Å²) >= 11 is 5.79. The van der Waals surface area contributed by atoms with Crippen molar-refractivity contribution in [2.45, 2.75) is 4.90 Å². The molecular formula is C11H7ClFN3O4S. The topological polar surface area (TPSA) is 102 Å². The number of nitrogens with one attached hydrogen (secondary N) is 1. The average molecular weight is 332 g/mol. The predicted molar refractivity (Wildman–Crippen MR) is 73.1 cm³/mol. The highest BCUT2D eigenvalue weighted by Gasteiger charge is 2.22. The third kappa shape index (κ3) is 3.26. The van der Waals surface area contributed by atoms with Gasteiger partial charge in [-0.05, 0) is 18.2 Å². The van der Waals surface area contributed by atoms with Crippen LogP contribution in [0, 0.1) is 15.9 Å². The predicted octanol–water partition coefficient (Wildman–Crippen LogP) is 2.58. The van der Waals surface area contributed by atoms with Gasteiger partial charge in [-0.3, -0.25) is 19.8 Å². The molecule has 0 unspecified atom stereocenters. The van der Waals surface area contributed by atoms with Gasteiger partial charge in [-0.2, -0.15) is 4.39 Å². The van der Waals surface area contributed by atoms with Crippen molar-refractivity contribution in [1.82, 2.24) is 4.98 Å². The van der Waals surface area contributed by atoms with Gasteiger partial charge in [-0.25, -0.2) is 8.42 Å². The van der Waals surface area contributed by atoms with Crippen molar-refractivity contribution in [3.05, 3.63) is 57.6 Å². The van der Waals surface area contributed by atoms with Gasteiger partial charge in [0.05, 0.1) is 26.7 Å². The van der Waals surface area contributed by atoms with E-state index in [2.05, 4.69) is 9.71 Å². The van der Waals surface area contributed by atoms with E-state index in [1.165, 1.54) is 18.5 Å². The molecule has 0 fully saturated rings. The van der Waals surface area contributed by atoms with E-state index in [0.717, 1.165) is 6.07 Å². The number of aromatic nitrogens is 1. The van der Waals surface area contributed by atoms with Crippen molar-refractivity contribution in [3.63, 3.8) is 0 Å². The number of benzene rings is 1. The smallest absolute Gasteiger partial charge is 0.277 e. The third-order valence-corrected chi connectivity index (χ3v) is 4.13. The summed E-state index contributed by atoms with van der Waals surface area (Å²) in [5.74, 6) is -1.13. The highest BCUT2D eigenvalue weighted by Crippen LogP contribution is 2.26. The number of hydrogen-bond acceptors (Lipinski definition) is 5. The Morgan fingerprint density at radius 2 is 2.05 bits per heavy atom. The molecule has 0 aliphatic carbocycles. The number of nitro benzene ring substituents is 1. The van der Waals surface area contributed by atoms with Crippen LogP contribution >= 0.6 is 11.6 Å². The number of pyridine rings is 1. The number of nitrogens with zero attached hydrogens (tertiary/aromatic N) is 2. The van der Waals surface area contributed by atoms with Crippen molar-refractivity contribution in [1.29, 1.82) is 0 Å². The van der Waals surface area contributed by atoms with E-state index in [9.17, 15) is 22.9 Å². The summed E-state index contributed by atoms with van der Waals surface area (Å²) in [4.78, 5) is 12.9. The molecule has 0 atom stereocenters. The molecule has 0 bridgehead atoms. The summed E-state index contributed by atoms with van der Waals surface area (Å²) < 4.78 is 39.5. The molecule has 0 amide bonds. The molecule has 0 aliphatic heterocycles. The summed E-state index contributed by atoms with van der Waals surface area (Å²) in [6.45, 7) is 0. The maximum Gasteiger partial charge on any atom is 0.306 e. The number of sulfonamides is 1. The van der Waals surface area contributed by atoms with Crippen LogP contribution in [0.5, 0.6) is 0 Å². The summed E-state index contributed by atoms with van der Waals surface area (Å²) in [6, 6.07) is 3.61. The molecule has 2 aromatic rings. The Hall–Kier alpha value is -2.26. The molecule has 1 N–H and O–H groups in total. The first-order chi connectivity index (χ1) is 9.81. The lowest BCUT2D eigenvalue weighted by Crippen LogP contribution is -2.14. The normalized spacial score (nSPS) is 11.1. The molecule has 1 aromatic carbocycles. The standard InChI is InChI=1S/C11H7ClFN3O4S/c12-8-3-4-14-6-10(8)15-21(19,20)7-1-2-9(13)11(5-7)16(17)18/h1-6,15H. The number of halogens is 2. The zero-order chi connectivity index (χ0) is 15.6. The van der Waals surface area contributed by atoms with Crippen molar-refractivity contribution < 1.29 is 17.7 Å². The minimum absolute atomic E-state index is 0.00569. The second kappa shape index (κ2) is 5.62. The SMILES string of the molecule is O=[N+]([O-])c1cc(S(=O)(=O)Nc2cnccc2Cl)ccc1F. The Morgan fingerprint density at radius 1 is 1.33 bits per heavy atom. The molecule has 1 heterocycles. The Labute approximate surface area is 123 Å². The van der Waals surface area contributed by atoms with E-state index in [4.69, 9.17) is 11.6 Å². The largest absolute Gasteiger partial charge is 0.306 e. The van der Waals surface area contributed by atoms with E-state index in [1.54, 1.807) is 0 Å². The van der Waals surface area contributed by atoms with Gasteiger partial charge in [0.2, 0.25) is 5.82 Å². The van der Waals surface area contributed by atoms with Gasteiger partial charge in [0.1, 0.15) is 0 Å². The summed E-state index contributed by atoms with van der Waals surface area (Å²) in [6.07, 6.45) is 2.54. The van der Waals surface area contributed by atoms with Crippen LogP contribution in [0.25, 0.3) is 0 Å². The molecule has 0 radical (unpaired) electrons. The second-order valence-electron chi connectivity index (χ2n) is 3.83. The van der Waals surface area contributed by atoms with Gasteiger partial charge in [-0.1, -0.05) is 11.6 Å². The highest BCUT2D eigenvalue weighted by molar-refractivity contribution is 7.92. The maximum atomic E-state index is 13.2. The van der Waals surface area contributed by atoms with Crippen molar-refractivity contribution in [2.24, 2.45) is 0 Å². The molecule has 10 heteroatoms. The molecule has 2 rings (SSSR count). The van der Waals surface area contributed by atoms with Gasteiger partial charge >= 0.3 is 5.69 Å². The monoisotopic (exact) mass is 331 g/mol. The first kappa shape index (κ1) is 15.1. The summed E-state index contributed by atoms with van der Waals surface area (Å²) in [5, 5.41) is 10.7. The van der Waals surface area contributed by atoms with Crippen molar-refractivity contribution >= 4 is 33.0 Å². The number of anilines is 1. The van der Waals surface area contributed by atoms with Crippen LogP contribution in [0.3, 0.4) is 0 Å². The quantitative estimate of drug-likeness (QED) is 0.685. The molecule has 21 heavy (non-hydrogen) atoms. The van der Waals surface area contributed by atoms with E-state index in [1.807, 2.05) is 0 Å². The van der Waals surface area contributed by atoms with Gasteiger partial charge in [-0.15, -0.1) is 0 Å². The lowest BCUT2D eigenvalue weighted by atomic mass is 10.3. The number of rotatable bonds is 4. The van der Waals surface area contributed by atoms with Gasteiger partial charge < -0.3 is 0 Å². The van der Waals surface area contributed by atoms with Crippen molar-refractivity contribution in [3.8, 4) is 0 Å². The molecule has 1 aromatic heterocycles. The Bertz CT molecular complexity index is 813. The van der Waals surface area contributed by atoms with Crippen molar-refractivity contribution in [2.75, 3.05) is 4.72 Å². The number of hydrogen-bond donors (Lipinski definition) is 1. The molecule has 110 valence electrons. The van der Waals surface area contributed by atoms with Crippen LogP contribution in [0.4, 0.5) is 15.8 Å². The lowest BCUT2D eigenvalue weighted by molar-refractivity contribution is -0.387.